The molecule has 0 radical (unpaired) electrons. The number of aliphatic hydroxyl groups is 1. The van der Waals surface area contributed by atoms with Crippen LogP contribution in [-0.2, 0) is 11.2 Å². The summed E-state index contributed by atoms with van der Waals surface area (Å²) in [6, 6.07) is 6.33. The molecule has 0 fully saturated rings. The first kappa shape index (κ1) is 14.1. The van der Waals surface area contributed by atoms with E-state index in [1.54, 1.807) is 12.1 Å². The first-order valence-electron chi connectivity index (χ1n) is 4.75. The number of benzene rings is 1. The van der Waals surface area contributed by atoms with Crippen LogP contribution < -0.4 is 0 Å². The van der Waals surface area contributed by atoms with Crippen LogP contribution in [0.15, 0.2) is 28.7 Å². The molecule has 3 nitrogen and oxygen atoms in total. The molecule has 2 N–H and O–H groups in total. The fraction of sp³-hybridized carbons (Fsp3) is 0.364. The van der Waals surface area contributed by atoms with Gasteiger partial charge in [-0.25, -0.2) is 4.79 Å². The summed E-state index contributed by atoms with van der Waals surface area (Å²) in [5.41, 5.74) is -2.20. The van der Waals surface area contributed by atoms with Crippen molar-refractivity contribution in [1.82, 2.24) is 0 Å². The fourth-order valence-electron chi connectivity index (χ4n) is 1.34. The van der Waals surface area contributed by atoms with Gasteiger partial charge in [-0.2, -0.15) is 8.78 Å². The predicted molar refractivity (Wildman–Crippen MR) is 61.1 cm³/mol. The zero-order valence-electron chi connectivity index (χ0n) is 8.95. The number of carbonyl (C=O) groups is 1. The zero-order chi connectivity index (χ0) is 13.3. The summed E-state index contributed by atoms with van der Waals surface area (Å²) in [5.74, 6) is -6.53. The number of aliphatic carboxylic acids is 1. The Bertz CT molecular complexity index is 415. The minimum absolute atomic E-state index is 0.430. The lowest BCUT2D eigenvalue weighted by Crippen LogP contribution is -2.52. The summed E-state index contributed by atoms with van der Waals surface area (Å²) in [7, 11) is 0. The maximum atomic E-state index is 13.2. The van der Waals surface area contributed by atoms with Crippen molar-refractivity contribution in [3.05, 3.63) is 34.3 Å². The van der Waals surface area contributed by atoms with Gasteiger partial charge in [-0.05, 0) is 24.6 Å². The second-order valence-corrected chi connectivity index (χ2v) is 4.87. The Hall–Kier alpha value is -1.01. The van der Waals surface area contributed by atoms with Crippen molar-refractivity contribution < 1.29 is 23.8 Å². The van der Waals surface area contributed by atoms with Crippen molar-refractivity contribution in [3.8, 4) is 0 Å². The molecule has 1 aromatic rings. The summed E-state index contributed by atoms with van der Waals surface area (Å²) in [6.07, 6.45) is -0.445. The van der Waals surface area contributed by atoms with E-state index < -0.39 is 23.9 Å². The van der Waals surface area contributed by atoms with E-state index in [1.165, 1.54) is 12.1 Å². The Morgan fingerprint density at radius 3 is 2.24 bits per heavy atom. The van der Waals surface area contributed by atoms with Gasteiger partial charge in [0.2, 0.25) is 0 Å². The molecule has 1 rings (SSSR count). The summed E-state index contributed by atoms with van der Waals surface area (Å²) < 4.78 is 27.2. The van der Waals surface area contributed by atoms with E-state index in [2.05, 4.69) is 15.9 Å². The standard InChI is InChI=1S/C11H11BrF2O3/c1-10(17,11(13,14)9(15)16)6-7-2-4-8(12)5-3-7/h2-5,17H,6H2,1H3,(H,15,16). The number of rotatable bonds is 4. The second-order valence-electron chi connectivity index (χ2n) is 3.96. The van der Waals surface area contributed by atoms with Gasteiger partial charge in [-0.3, -0.25) is 0 Å². The van der Waals surface area contributed by atoms with Crippen LogP contribution in [-0.4, -0.2) is 27.7 Å². The van der Waals surface area contributed by atoms with E-state index >= 15 is 0 Å². The number of carboxylic acid groups (broad SMARTS) is 1. The maximum Gasteiger partial charge on any atom is 0.377 e. The van der Waals surface area contributed by atoms with Crippen molar-refractivity contribution in [2.24, 2.45) is 0 Å². The van der Waals surface area contributed by atoms with Crippen LogP contribution in [0.5, 0.6) is 0 Å². The van der Waals surface area contributed by atoms with Crippen LogP contribution in [0.2, 0.25) is 0 Å². The first-order valence-corrected chi connectivity index (χ1v) is 5.54. The molecule has 1 aromatic carbocycles. The first-order chi connectivity index (χ1) is 7.67. The third-order valence-electron chi connectivity index (χ3n) is 2.41. The molecule has 0 saturated carbocycles. The molecular formula is C11H11BrF2O3. The maximum absolute atomic E-state index is 13.2. The molecule has 0 spiro atoms. The highest BCUT2D eigenvalue weighted by atomic mass is 79.9. The van der Waals surface area contributed by atoms with Crippen LogP contribution in [0.1, 0.15) is 12.5 Å². The Morgan fingerprint density at radius 2 is 1.82 bits per heavy atom. The molecule has 0 aliphatic carbocycles. The van der Waals surface area contributed by atoms with Gasteiger partial charge in [0, 0.05) is 10.9 Å². The molecule has 0 aliphatic heterocycles. The molecule has 0 saturated heterocycles. The fourth-order valence-corrected chi connectivity index (χ4v) is 1.61. The van der Waals surface area contributed by atoms with Crippen LogP contribution in [0.4, 0.5) is 8.78 Å². The van der Waals surface area contributed by atoms with Crippen molar-refractivity contribution in [2.75, 3.05) is 0 Å². The Kier molecular flexibility index (Phi) is 3.88. The number of hydrogen-bond donors (Lipinski definition) is 2. The van der Waals surface area contributed by atoms with Gasteiger partial charge < -0.3 is 10.2 Å². The van der Waals surface area contributed by atoms with E-state index in [0.29, 0.717) is 5.56 Å². The van der Waals surface area contributed by atoms with Gasteiger partial charge in [-0.1, -0.05) is 28.1 Å². The van der Waals surface area contributed by atoms with Gasteiger partial charge in [0.1, 0.15) is 5.60 Å². The van der Waals surface area contributed by atoms with Gasteiger partial charge in [0.25, 0.3) is 0 Å². The summed E-state index contributed by atoms with van der Waals surface area (Å²) >= 11 is 3.18. The van der Waals surface area contributed by atoms with E-state index in [4.69, 9.17) is 5.11 Å². The molecule has 1 unspecified atom stereocenters. The molecule has 0 bridgehead atoms. The van der Waals surface area contributed by atoms with Gasteiger partial charge in [-0.15, -0.1) is 0 Å². The summed E-state index contributed by atoms with van der Waals surface area (Å²) in [6.45, 7) is 0.809. The van der Waals surface area contributed by atoms with Crippen LogP contribution in [0.25, 0.3) is 0 Å². The van der Waals surface area contributed by atoms with Crippen LogP contribution >= 0.6 is 15.9 Å². The Balaban J connectivity index is 2.93. The van der Waals surface area contributed by atoms with Crippen molar-refractivity contribution in [1.29, 1.82) is 0 Å². The monoisotopic (exact) mass is 308 g/mol. The van der Waals surface area contributed by atoms with E-state index in [0.717, 1.165) is 11.4 Å². The SMILES string of the molecule is CC(O)(Cc1ccc(Br)cc1)C(F)(F)C(=O)O. The predicted octanol–water partition coefficient (Wildman–Crippen LogP) is 2.46. The number of carboxylic acids is 1. The number of halogens is 3. The minimum Gasteiger partial charge on any atom is -0.477 e. The minimum atomic E-state index is -4.19. The van der Waals surface area contributed by atoms with Crippen molar-refractivity contribution >= 4 is 21.9 Å². The highest BCUT2D eigenvalue weighted by Gasteiger charge is 2.55. The van der Waals surface area contributed by atoms with E-state index in [1.807, 2.05) is 0 Å². The van der Waals surface area contributed by atoms with Crippen LogP contribution in [0, 0.1) is 0 Å². The highest BCUT2D eigenvalue weighted by molar-refractivity contribution is 9.10. The Labute approximate surface area is 105 Å². The topological polar surface area (TPSA) is 57.5 Å². The Morgan fingerprint density at radius 1 is 1.35 bits per heavy atom. The van der Waals surface area contributed by atoms with Gasteiger partial charge in [0.15, 0.2) is 0 Å². The third-order valence-corrected chi connectivity index (χ3v) is 2.94. The smallest absolute Gasteiger partial charge is 0.377 e. The summed E-state index contributed by atoms with van der Waals surface area (Å²) in [5, 5.41) is 18.0. The molecule has 94 valence electrons. The van der Waals surface area contributed by atoms with Gasteiger partial charge >= 0.3 is 11.9 Å². The molecule has 6 heteroatoms. The lowest BCUT2D eigenvalue weighted by atomic mass is 9.90. The molecule has 0 heterocycles. The largest absolute Gasteiger partial charge is 0.477 e. The second kappa shape index (κ2) is 4.70. The van der Waals surface area contributed by atoms with Crippen LogP contribution in [0.3, 0.4) is 0 Å². The quantitative estimate of drug-likeness (QED) is 0.898. The third kappa shape index (κ3) is 3.01. The molecular weight excluding hydrogens is 298 g/mol. The average molecular weight is 309 g/mol. The average Bonchev–Trinajstić information content (AvgIpc) is 2.20. The highest BCUT2D eigenvalue weighted by Crippen LogP contribution is 2.32. The summed E-state index contributed by atoms with van der Waals surface area (Å²) in [4.78, 5) is 10.4. The molecule has 0 aliphatic rings. The number of alkyl halides is 2. The molecule has 0 amide bonds. The van der Waals surface area contributed by atoms with E-state index in [9.17, 15) is 18.7 Å². The molecule has 1 atom stereocenters. The van der Waals surface area contributed by atoms with Gasteiger partial charge in [0.05, 0.1) is 0 Å². The van der Waals surface area contributed by atoms with E-state index in [-0.39, 0.29) is 0 Å². The lowest BCUT2D eigenvalue weighted by molar-refractivity contribution is -0.203. The lowest BCUT2D eigenvalue weighted by Gasteiger charge is -2.29. The molecule has 17 heavy (non-hydrogen) atoms. The van der Waals surface area contributed by atoms with Crippen molar-refractivity contribution in [3.63, 3.8) is 0 Å². The normalized spacial score (nSPS) is 15.4. The zero-order valence-corrected chi connectivity index (χ0v) is 10.5. The molecule has 0 aromatic heterocycles. The van der Waals surface area contributed by atoms with Crippen molar-refractivity contribution in [2.45, 2.75) is 24.9 Å². The number of hydrogen-bond acceptors (Lipinski definition) is 2.